The zero-order valence-electron chi connectivity index (χ0n) is 12.7. The molecule has 3 nitrogen and oxygen atoms in total. The molecular weight excluding hydrogens is 236 g/mol. The Bertz CT molecular complexity index is 276. The summed E-state index contributed by atoms with van der Waals surface area (Å²) in [6.07, 6.45) is 6.02. The lowest BCUT2D eigenvalue weighted by molar-refractivity contribution is -0.118. The predicted molar refractivity (Wildman–Crippen MR) is 79.3 cm³/mol. The van der Waals surface area contributed by atoms with Gasteiger partial charge in [-0.25, -0.2) is 0 Å². The first kappa shape index (κ1) is 15.0. The lowest BCUT2D eigenvalue weighted by Gasteiger charge is -2.37. The molecule has 0 aliphatic carbocycles. The van der Waals surface area contributed by atoms with Crippen molar-refractivity contribution in [2.24, 2.45) is 11.8 Å². The fourth-order valence-corrected chi connectivity index (χ4v) is 3.63. The minimum atomic E-state index is 0.366. The van der Waals surface area contributed by atoms with Crippen molar-refractivity contribution in [3.8, 4) is 0 Å². The Hall–Kier alpha value is -0.410. The van der Waals surface area contributed by atoms with Crippen molar-refractivity contribution < 1.29 is 4.79 Å². The lowest BCUT2D eigenvalue weighted by Crippen LogP contribution is -2.41. The Balaban J connectivity index is 1.64. The van der Waals surface area contributed by atoms with E-state index < -0.39 is 0 Å². The van der Waals surface area contributed by atoms with Gasteiger partial charge in [0, 0.05) is 13.0 Å². The number of Topliss-reactive ketones (excluding diaryl/α,β-unsaturated/α-hetero) is 1. The van der Waals surface area contributed by atoms with Crippen molar-refractivity contribution in [3.05, 3.63) is 0 Å². The van der Waals surface area contributed by atoms with Crippen LogP contribution in [0.4, 0.5) is 0 Å². The molecule has 0 aromatic rings. The van der Waals surface area contributed by atoms with E-state index >= 15 is 0 Å². The van der Waals surface area contributed by atoms with Gasteiger partial charge in [-0.05, 0) is 77.2 Å². The lowest BCUT2D eigenvalue weighted by atomic mass is 9.90. The third-order valence-corrected chi connectivity index (χ3v) is 4.95. The number of carbonyl (C=O) groups excluding carboxylic acids is 1. The maximum absolute atomic E-state index is 11.2. The molecule has 0 amide bonds. The molecule has 0 atom stereocenters. The third-order valence-electron chi connectivity index (χ3n) is 4.95. The highest BCUT2D eigenvalue weighted by Gasteiger charge is 2.24. The summed E-state index contributed by atoms with van der Waals surface area (Å²) in [6.45, 7) is 11.5. The van der Waals surface area contributed by atoms with Crippen LogP contribution in [0.15, 0.2) is 0 Å². The molecule has 0 spiro atoms. The van der Waals surface area contributed by atoms with Gasteiger partial charge in [-0.2, -0.15) is 0 Å². The molecule has 2 aliphatic heterocycles. The van der Waals surface area contributed by atoms with Gasteiger partial charge in [0.05, 0.1) is 0 Å². The van der Waals surface area contributed by atoms with Gasteiger partial charge in [-0.3, -0.25) is 0 Å². The summed E-state index contributed by atoms with van der Waals surface area (Å²) in [5.74, 6) is 1.94. The smallest absolute Gasteiger partial charge is 0.130 e. The highest BCUT2D eigenvalue weighted by molar-refractivity contribution is 5.75. The van der Waals surface area contributed by atoms with Crippen LogP contribution >= 0.6 is 0 Å². The minimum Gasteiger partial charge on any atom is -0.304 e. The normalized spacial score (nSPS) is 24.7. The summed E-state index contributed by atoms with van der Waals surface area (Å²) in [5, 5.41) is 0. The van der Waals surface area contributed by atoms with Crippen molar-refractivity contribution in [1.82, 2.24) is 9.80 Å². The van der Waals surface area contributed by atoms with Crippen molar-refractivity contribution in [2.45, 2.75) is 46.0 Å². The van der Waals surface area contributed by atoms with Crippen molar-refractivity contribution in [3.63, 3.8) is 0 Å². The zero-order chi connectivity index (χ0) is 13.7. The second-order valence-electron chi connectivity index (χ2n) is 6.53. The molecule has 0 unspecified atom stereocenters. The fourth-order valence-electron chi connectivity index (χ4n) is 3.63. The van der Waals surface area contributed by atoms with E-state index in [-0.39, 0.29) is 0 Å². The molecule has 2 aliphatic rings. The van der Waals surface area contributed by atoms with Crippen LogP contribution in [0, 0.1) is 11.8 Å². The van der Waals surface area contributed by atoms with Gasteiger partial charge in [0.2, 0.25) is 0 Å². The Kier molecular flexibility index (Phi) is 5.83. The summed E-state index contributed by atoms with van der Waals surface area (Å²) in [4.78, 5) is 16.4. The predicted octanol–water partition coefficient (Wildman–Crippen LogP) is 2.41. The molecule has 19 heavy (non-hydrogen) atoms. The standard InChI is InChI=1S/C16H30N2O/c1-3-17-8-6-16(7-9-17)13-18-10-4-15(5-11-18)12-14(2)19/h15-16H,3-13H2,1-2H3. The monoisotopic (exact) mass is 266 g/mol. The second kappa shape index (κ2) is 7.39. The SMILES string of the molecule is CCN1CCC(CN2CCC(CC(C)=O)CC2)CC1. The number of hydrogen-bond donors (Lipinski definition) is 0. The molecule has 0 aromatic heterocycles. The van der Waals surface area contributed by atoms with Crippen LogP contribution < -0.4 is 0 Å². The van der Waals surface area contributed by atoms with Crippen molar-refractivity contribution in [1.29, 1.82) is 0 Å². The molecular formula is C16H30N2O. The Morgan fingerprint density at radius 1 is 0.947 bits per heavy atom. The topological polar surface area (TPSA) is 23.6 Å². The van der Waals surface area contributed by atoms with Gasteiger partial charge in [0.1, 0.15) is 5.78 Å². The largest absolute Gasteiger partial charge is 0.304 e. The average molecular weight is 266 g/mol. The van der Waals surface area contributed by atoms with E-state index in [2.05, 4.69) is 16.7 Å². The highest BCUT2D eigenvalue weighted by atomic mass is 16.1. The van der Waals surface area contributed by atoms with Gasteiger partial charge in [0.15, 0.2) is 0 Å². The average Bonchev–Trinajstić information content (AvgIpc) is 2.41. The molecule has 0 saturated carbocycles. The van der Waals surface area contributed by atoms with Crippen molar-refractivity contribution >= 4 is 5.78 Å². The summed E-state index contributed by atoms with van der Waals surface area (Å²) in [6, 6.07) is 0. The van der Waals surface area contributed by atoms with E-state index in [4.69, 9.17) is 0 Å². The minimum absolute atomic E-state index is 0.366. The first-order chi connectivity index (χ1) is 9.17. The Labute approximate surface area is 118 Å². The molecule has 2 rings (SSSR count). The fraction of sp³-hybridized carbons (Fsp3) is 0.938. The molecule has 3 heteroatoms. The van der Waals surface area contributed by atoms with Crippen LogP contribution in [0.5, 0.6) is 0 Å². The number of piperidine rings is 2. The van der Waals surface area contributed by atoms with Crippen LogP contribution in [0.3, 0.4) is 0 Å². The molecule has 110 valence electrons. The van der Waals surface area contributed by atoms with E-state index in [1.165, 1.54) is 65.0 Å². The second-order valence-corrected chi connectivity index (χ2v) is 6.53. The number of likely N-dealkylation sites (tertiary alicyclic amines) is 2. The Morgan fingerprint density at radius 2 is 1.47 bits per heavy atom. The van der Waals surface area contributed by atoms with Crippen LogP contribution in [0.2, 0.25) is 0 Å². The summed E-state index contributed by atoms with van der Waals surface area (Å²) < 4.78 is 0. The van der Waals surface area contributed by atoms with Crippen molar-refractivity contribution in [2.75, 3.05) is 39.3 Å². The van der Waals surface area contributed by atoms with Gasteiger partial charge in [-0.1, -0.05) is 6.92 Å². The molecule has 0 radical (unpaired) electrons. The van der Waals surface area contributed by atoms with Crippen LogP contribution in [-0.2, 0) is 4.79 Å². The van der Waals surface area contributed by atoms with Gasteiger partial charge in [0.25, 0.3) is 0 Å². The number of carbonyl (C=O) groups is 1. The number of ketones is 1. The van der Waals surface area contributed by atoms with Crippen LogP contribution in [0.25, 0.3) is 0 Å². The van der Waals surface area contributed by atoms with E-state index in [0.29, 0.717) is 11.7 Å². The summed E-state index contributed by atoms with van der Waals surface area (Å²) in [7, 11) is 0. The molecule has 0 aromatic carbocycles. The van der Waals surface area contributed by atoms with Gasteiger partial charge >= 0.3 is 0 Å². The molecule has 0 bridgehead atoms. The summed E-state index contributed by atoms with van der Waals surface area (Å²) >= 11 is 0. The maximum atomic E-state index is 11.2. The Morgan fingerprint density at radius 3 is 2.00 bits per heavy atom. The van der Waals surface area contributed by atoms with Gasteiger partial charge in [-0.15, -0.1) is 0 Å². The first-order valence-corrected chi connectivity index (χ1v) is 8.11. The first-order valence-electron chi connectivity index (χ1n) is 8.11. The maximum Gasteiger partial charge on any atom is 0.130 e. The number of hydrogen-bond acceptors (Lipinski definition) is 3. The number of nitrogens with zero attached hydrogens (tertiary/aromatic N) is 2. The number of rotatable bonds is 5. The quantitative estimate of drug-likeness (QED) is 0.763. The molecule has 2 saturated heterocycles. The van der Waals surface area contributed by atoms with E-state index in [1.807, 2.05) is 0 Å². The van der Waals surface area contributed by atoms with E-state index in [0.717, 1.165) is 12.3 Å². The highest BCUT2D eigenvalue weighted by Crippen LogP contribution is 2.24. The molecule has 0 N–H and O–H groups in total. The summed E-state index contributed by atoms with van der Waals surface area (Å²) in [5.41, 5.74) is 0. The van der Waals surface area contributed by atoms with E-state index in [1.54, 1.807) is 6.92 Å². The zero-order valence-corrected chi connectivity index (χ0v) is 12.7. The van der Waals surface area contributed by atoms with Gasteiger partial charge < -0.3 is 14.6 Å². The van der Waals surface area contributed by atoms with Crippen LogP contribution in [0.1, 0.15) is 46.0 Å². The third kappa shape index (κ3) is 4.88. The van der Waals surface area contributed by atoms with Crippen LogP contribution in [-0.4, -0.2) is 54.9 Å². The van der Waals surface area contributed by atoms with E-state index in [9.17, 15) is 4.79 Å². The molecule has 2 heterocycles. The molecule has 2 fully saturated rings.